The van der Waals surface area contributed by atoms with Crippen LogP contribution in [0.3, 0.4) is 0 Å². The predicted molar refractivity (Wildman–Crippen MR) is 84.4 cm³/mol. The lowest BCUT2D eigenvalue weighted by Crippen LogP contribution is -2.40. The van der Waals surface area contributed by atoms with Gasteiger partial charge in [-0.2, -0.15) is 0 Å². The summed E-state index contributed by atoms with van der Waals surface area (Å²) in [7, 11) is 0. The number of halogens is 1. The third kappa shape index (κ3) is 4.68. The molecule has 2 aliphatic carbocycles. The van der Waals surface area contributed by atoms with E-state index in [4.69, 9.17) is 16.3 Å². The smallest absolute Gasteiger partial charge is 0.0897 e. The van der Waals surface area contributed by atoms with E-state index in [9.17, 15) is 5.11 Å². The Kier molecular flexibility index (Phi) is 5.17. The van der Waals surface area contributed by atoms with Crippen molar-refractivity contribution in [1.29, 1.82) is 0 Å². The average molecular weight is 310 g/mol. The van der Waals surface area contributed by atoms with E-state index in [1.54, 1.807) is 0 Å². The Morgan fingerprint density at radius 1 is 1.19 bits per heavy atom. The van der Waals surface area contributed by atoms with Gasteiger partial charge < -0.3 is 15.2 Å². The molecular formula is C17H24ClNO2. The second kappa shape index (κ2) is 7.10. The Balaban J connectivity index is 1.34. The fraction of sp³-hybridized carbons (Fsp3) is 0.647. The lowest BCUT2D eigenvalue weighted by molar-refractivity contribution is 0.0269. The molecule has 2 aliphatic rings. The van der Waals surface area contributed by atoms with E-state index in [-0.39, 0.29) is 0 Å². The monoisotopic (exact) mass is 309 g/mol. The van der Waals surface area contributed by atoms with Crippen LogP contribution in [0.25, 0.3) is 0 Å². The minimum absolute atomic E-state index is 0.347. The second-order valence-electron chi connectivity index (χ2n) is 6.37. The maximum Gasteiger partial charge on any atom is 0.0897 e. The molecule has 116 valence electrons. The van der Waals surface area contributed by atoms with Gasteiger partial charge in [0.1, 0.15) is 0 Å². The highest BCUT2D eigenvalue weighted by Gasteiger charge is 2.41. The van der Waals surface area contributed by atoms with Crippen LogP contribution >= 0.6 is 11.6 Å². The first kappa shape index (κ1) is 15.3. The molecule has 2 N–H and O–H groups in total. The first-order chi connectivity index (χ1) is 10.2. The van der Waals surface area contributed by atoms with Gasteiger partial charge in [-0.05, 0) is 49.1 Å². The van der Waals surface area contributed by atoms with Crippen molar-refractivity contribution in [2.24, 2.45) is 11.8 Å². The van der Waals surface area contributed by atoms with Crippen molar-refractivity contribution >= 4 is 11.6 Å². The van der Waals surface area contributed by atoms with Crippen LogP contribution in [0.1, 0.15) is 31.2 Å². The maximum absolute atomic E-state index is 10.0. The van der Waals surface area contributed by atoms with Gasteiger partial charge in [0.05, 0.1) is 19.3 Å². The molecule has 0 aromatic heterocycles. The molecule has 4 heteroatoms. The average Bonchev–Trinajstić information content (AvgIpc) is 3.35. The zero-order valence-electron chi connectivity index (χ0n) is 12.3. The summed E-state index contributed by atoms with van der Waals surface area (Å²) in [6.45, 7) is 1.42. The van der Waals surface area contributed by atoms with Gasteiger partial charge in [-0.1, -0.05) is 29.8 Å². The van der Waals surface area contributed by atoms with Crippen molar-refractivity contribution in [3.8, 4) is 0 Å². The number of benzene rings is 1. The van der Waals surface area contributed by atoms with Crippen LogP contribution in [-0.4, -0.2) is 30.4 Å². The maximum atomic E-state index is 10.0. The highest BCUT2D eigenvalue weighted by molar-refractivity contribution is 6.31. The minimum Gasteiger partial charge on any atom is -0.389 e. The topological polar surface area (TPSA) is 41.5 Å². The fourth-order valence-electron chi connectivity index (χ4n) is 2.88. The molecule has 3 nitrogen and oxygen atoms in total. The summed E-state index contributed by atoms with van der Waals surface area (Å²) in [5.74, 6) is 1.71. The second-order valence-corrected chi connectivity index (χ2v) is 6.78. The molecule has 0 aliphatic heterocycles. The van der Waals surface area contributed by atoms with Crippen molar-refractivity contribution in [3.05, 3.63) is 34.9 Å². The first-order valence-electron chi connectivity index (χ1n) is 7.96. The minimum atomic E-state index is -0.451. The van der Waals surface area contributed by atoms with E-state index in [0.29, 0.717) is 30.8 Å². The number of aliphatic hydroxyl groups is 1. The standard InChI is InChI=1S/C17H24ClNO2/c18-16-4-2-1-3-14(16)10-21-11-15(20)9-19-17(12-5-6-12)13-7-8-13/h1-4,12-13,15,17,19-20H,5-11H2. The van der Waals surface area contributed by atoms with E-state index in [1.807, 2.05) is 24.3 Å². The molecule has 0 bridgehead atoms. The van der Waals surface area contributed by atoms with Gasteiger partial charge in [0.15, 0.2) is 0 Å². The molecule has 21 heavy (non-hydrogen) atoms. The van der Waals surface area contributed by atoms with Gasteiger partial charge in [0.2, 0.25) is 0 Å². The van der Waals surface area contributed by atoms with Crippen LogP contribution in [0.15, 0.2) is 24.3 Å². The number of hydrogen-bond donors (Lipinski definition) is 2. The summed E-state index contributed by atoms with van der Waals surface area (Å²) < 4.78 is 5.57. The molecule has 1 unspecified atom stereocenters. The Morgan fingerprint density at radius 3 is 2.48 bits per heavy atom. The van der Waals surface area contributed by atoms with Crippen LogP contribution in [-0.2, 0) is 11.3 Å². The quantitative estimate of drug-likeness (QED) is 0.737. The third-order valence-corrected chi connectivity index (χ3v) is 4.74. The number of ether oxygens (including phenoxy) is 1. The van der Waals surface area contributed by atoms with Crippen LogP contribution < -0.4 is 5.32 Å². The summed E-state index contributed by atoms with van der Waals surface area (Å²) in [5.41, 5.74) is 0.966. The van der Waals surface area contributed by atoms with Crippen molar-refractivity contribution in [1.82, 2.24) is 5.32 Å². The van der Waals surface area contributed by atoms with Gasteiger partial charge >= 0.3 is 0 Å². The number of aliphatic hydroxyl groups excluding tert-OH is 1. The van der Waals surface area contributed by atoms with E-state index in [1.165, 1.54) is 25.7 Å². The van der Waals surface area contributed by atoms with Crippen LogP contribution in [0, 0.1) is 11.8 Å². The Labute approximate surface area is 131 Å². The molecule has 1 atom stereocenters. The number of rotatable bonds is 9. The summed E-state index contributed by atoms with van der Waals surface area (Å²) in [6, 6.07) is 8.28. The Morgan fingerprint density at radius 2 is 1.86 bits per heavy atom. The zero-order chi connectivity index (χ0) is 14.7. The molecule has 1 aromatic rings. The van der Waals surface area contributed by atoms with E-state index in [2.05, 4.69) is 5.32 Å². The molecule has 2 saturated carbocycles. The molecule has 0 saturated heterocycles. The third-order valence-electron chi connectivity index (χ3n) is 4.37. The van der Waals surface area contributed by atoms with E-state index in [0.717, 1.165) is 17.4 Å². The van der Waals surface area contributed by atoms with Crippen molar-refractivity contribution < 1.29 is 9.84 Å². The van der Waals surface area contributed by atoms with E-state index < -0.39 is 6.10 Å². The number of hydrogen-bond acceptors (Lipinski definition) is 3. The Bertz CT molecular complexity index is 448. The largest absolute Gasteiger partial charge is 0.389 e. The summed E-state index contributed by atoms with van der Waals surface area (Å²) in [5, 5.41) is 14.3. The molecule has 0 radical (unpaired) electrons. The van der Waals surface area contributed by atoms with Gasteiger partial charge in [-0.25, -0.2) is 0 Å². The normalized spacial score (nSPS) is 20.0. The summed E-state index contributed by atoms with van der Waals surface area (Å²) >= 11 is 6.07. The van der Waals surface area contributed by atoms with Crippen molar-refractivity contribution in [3.63, 3.8) is 0 Å². The van der Waals surface area contributed by atoms with Crippen LogP contribution in [0.4, 0.5) is 0 Å². The Hall–Kier alpha value is -0.610. The van der Waals surface area contributed by atoms with Crippen LogP contribution in [0.2, 0.25) is 5.02 Å². The molecule has 3 rings (SSSR count). The van der Waals surface area contributed by atoms with Gasteiger partial charge in [-0.3, -0.25) is 0 Å². The SMILES string of the molecule is OC(CNC(C1CC1)C1CC1)COCc1ccccc1Cl. The highest BCUT2D eigenvalue weighted by Crippen LogP contribution is 2.44. The molecule has 0 heterocycles. The molecular weight excluding hydrogens is 286 g/mol. The molecule has 1 aromatic carbocycles. The van der Waals surface area contributed by atoms with Crippen LogP contribution in [0.5, 0.6) is 0 Å². The van der Waals surface area contributed by atoms with Crippen molar-refractivity contribution in [2.75, 3.05) is 13.2 Å². The fourth-order valence-corrected chi connectivity index (χ4v) is 3.07. The van der Waals surface area contributed by atoms with Gasteiger partial charge in [-0.15, -0.1) is 0 Å². The molecule has 0 spiro atoms. The van der Waals surface area contributed by atoms with E-state index >= 15 is 0 Å². The summed E-state index contributed by atoms with van der Waals surface area (Å²) in [4.78, 5) is 0. The van der Waals surface area contributed by atoms with Gasteiger partial charge in [0, 0.05) is 17.6 Å². The lowest BCUT2D eigenvalue weighted by Gasteiger charge is -2.20. The highest BCUT2D eigenvalue weighted by atomic mass is 35.5. The number of nitrogens with one attached hydrogen (secondary N) is 1. The summed E-state index contributed by atoms with van der Waals surface area (Å²) in [6.07, 6.45) is 4.97. The van der Waals surface area contributed by atoms with Crippen molar-refractivity contribution in [2.45, 2.75) is 44.4 Å². The zero-order valence-corrected chi connectivity index (χ0v) is 13.1. The predicted octanol–water partition coefficient (Wildman–Crippen LogP) is 3.00. The van der Waals surface area contributed by atoms with Gasteiger partial charge in [0.25, 0.3) is 0 Å². The molecule has 0 amide bonds. The molecule has 2 fully saturated rings. The first-order valence-corrected chi connectivity index (χ1v) is 8.34. The lowest BCUT2D eigenvalue weighted by atomic mass is 10.1.